The van der Waals surface area contributed by atoms with Crippen LogP contribution in [0.5, 0.6) is 5.75 Å². The van der Waals surface area contributed by atoms with Crippen LogP contribution in [-0.4, -0.2) is 70.0 Å². The molecular formula is C16H24N2O5S. The molecule has 0 N–H and O–H groups in total. The number of nitrogens with zero attached hydrogens (tertiary/aromatic N) is 2. The van der Waals surface area contributed by atoms with Crippen LogP contribution in [0.2, 0.25) is 0 Å². The molecule has 0 bridgehead atoms. The van der Waals surface area contributed by atoms with E-state index in [0.29, 0.717) is 18.8 Å². The van der Waals surface area contributed by atoms with Crippen molar-refractivity contribution < 1.29 is 22.7 Å². The predicted octanol–water partition coefficient (Wildman–Crippen LogP) is 1.19. The summed E-state index contributed by atoms with van der Waals surface area (Å²) >= 11 is 0. The number of morpholine rings is 1. The van der Waals surface area contributed by atoms with Crippen molar-refractivity contribution in [2.75, 3.05) is 34.3 Å². The van der Waals surface area contributed by atoms with E-state index in [1.807, 2.05) is 13.8 Å². The molecule has 8 heteroatoms. The summed E-state index contributed by atoms with van der Waals surface area (Å²) in [4.78, 5) is 14.6. The van der Waals surface area contributed by atoms with E-state index in [9.17, 15) is 13.2 Å². The summed E-state index contributed by atoms with van der Waals surface area (Å²) in [5.41, 5.74) is 0.238. The van der Waals surface area contributed by atoms with Gasteiger partial charge in [0.25, 0.3) is 5.91 Å². The van der Waals surface area contributed by atoms with Crippen molar-refractivity contribution in [1.29, 1.82) is 0 Å². The van der Waals surface area contributed by atoms with Gasteiger partial charge in [-0.1, -0.05) is 0 Å². The fourth-order valence-corrected chi connectivity index (χ4v) is 3.67. The van der Waals surface area contributed by atoms with Crippen molar-refractivity contribution in [2.24, 2.45) is 0 Å². The number of amides is 1. The third-order valence-corrected chi connectivity index (χ3v) is 5.70. The Balaban J connectivity index is 2.42. The SMILES string of the molecule is COc1ccc(S(=O)(=O)N(C)C)cc1C(=O)N1C[C@@H](C)O[C@H](C)C1. The molecule has 1 aromatic rings. The van der Waals surface area contributed by atoms with Crippen molar-refractivity contribution in [2.45, 2.75) is 31.0 Å². The first-order valence-electron chi connectivity index (χ1n) is 7.72. The zero-order chi connectivity index (χ0) is 18.1. The second-order valence-electron chi connectivity index (χ2n) is 6.12. The molecule has 1 fully saturated rings. The second kappa shape index (κ2) is 7.08. The molecule has 2 atom stereocenters. The molecular weight excluding hydrogens is 332 g/mol. The molecule has 2 rings (SSSR count). The zero-order valence-corrected chi connectivity index (χ0v) is 15.5. The average Bonchev–Trinajstić information content (AvgIpc) is 2.52. The summed E-state index contributed by atoms with van der Waals surface area (Å²) in [6.45, 7) is 4.72. The van der Waals surface area contributed by atoms with Gasteiger partial charge in [0, 0.05) is 27.2 Å². The minimum Gasteiger partial charge on any atom is -0.496 e. The van der Waals surface area contributed by atoms with Crippen LogP contribution in [0.4, 0.5) is 0 Å². The molecule has 24 heavy (non-hydrogen) atoms. The quantitative estimate of drug-likeness (QED) is 0.810. The van der Waals surface area contributed by atoms with Gasteiger partial charge in [-0.25, -0.2) is 12.7 Å². The Hall–Kier alpha value is -1.64. The van der Waals surface area contributed by atoms with E-state index in [4.69, 9.17) is 9.47 Å². The topological polar surface area (TPSA) is 76.2 Å². The number of methoxy groups -OCH3 is 1. The van der Waals surface area contributed by atoms with Crippen LogP contribution in [0.15, 0.2) is 23.1 Å². The number of hydrogen-bond acceptors (Lipinski definition) is 5. The van der Waals surface area contributed by atoms with Crippen LogP contribution < -0.4 is 4.74 Å². The molecule has 1 aliphatic heterocycles. The largest absolute Gasteiger partial charge is 0.496 e. The number of rotatable bonds is 4. The van der Waals surface area contributed by atoms with Gasteiger partial charge in [-0.2, -0.15) is 0 Å². The minimum absolute atomic E-state index is 0.0611. The minimum atomic E-state index is -3.63. The van der Waals surface area contributed by atoms with Crippen LogP contribution >= 0.6 is 0 Å². The number of sulfonamides is 1. The fraction of sp³-hybridized carbons (Fsp3) is 0.562. The van der Waals surface area contributed by atoms with Crippen LogP contribution in [-0.2, 0) is 14.8 Å². The van der Waals surface area contributed by atoms with Gasteiger partial charge in [-0.05, 0) is 32.0 Å². The lowest BCUT2D eigenvalue weighted by Gasteiger charge is -2.35. The molecule has 0 aromatic heterocycles. The van der Waals surface area contributed by atoms with E-state index in [2.05, 4.69) is 0 Å². The number of carbonyl (C=O) groups excluding carboxylic acids is 1. The van der Waals surface area contributed by atoms with Crippen molar-refractivity contribution in [3.8, 4) is 5.75 Å². The van der Waals surface area contributed by atoms with Crippen LogP contribution in [0.25, 0.3) is 0 Å². The first-order valence-corrected chi connectivity index (χ1v) is 9.16. The number of carbonyl (C=O) groups is 1. The van der Waals surface area contributed by atoms with Crippen molar-refractivity contribution in [1.82, 2.24) is 9.21 Å². The molecule has 7 nitrogen and oxygen atoms in total. The lowest BCUT2D eigenvalue weighted by Crippen LogP contribution is -2.48. The van der Waals surface area contributed by atoms with Crippen LogP contribution in [0.3, 0.4) is 0 Å². The van der Waals surface area contributed by atoms with Crippen LogP contribution in [0, 0.1) is 0 Å². The maximum atomic E-state index is 12.9. The summed E-state index contributed by atoms with van der Waals surface area (Å²) in [5.74, 6) is 0.0918. The highest BCUT2D eigenvalue weighted by Crippen LogP contribution is 2.26. The molecule has 1 heterocycles. The van der Waals surface area contributed by atoms with Gasteiger partial charge in [0.15, 0.2) is 0 Å². The smallest absolute Gasteiger partial charge is 0.257 e. The Labute approximate surface area is 143 Å². The highest BCUT2D eigenvalue weighted by Gasteiger charge is 2.29. The molecule has 0 saturated carbocycles. The summed E-state index contributed by atoms with van der Waals surface area (Å²) in [6.07, 6.45) is -0.144. The molecule has 0 spiro atoms. The number of hydrogen-bond donors (Lipinski definition) is 0. The van der Waals surface area contributed by atoms with Crippen molar-refractivity contribution in [3.63, 3.8) is 0 Å². The summed E-state index contributed by atoms with van der Waals surface area (Å²) in [5, 5.41) is 0. The Morgan fingerprint density at radius 3 is 2.33 bits per heavy atom. The van der Waals surface area contributed by atoms with E-state index in [-0.39, 0.29) is 28.6 Å². The maximum absolute atomic E-state index is 12.9. The van der Waals surface area contributed by atoms with Gasteiger partial charge >= 0.3 is 0 Å². The van der Waals surface area contributed by atoms with E-state index >= 15 is 0 Å². The monoisotopic (exact) mass is 356 g/mol. The first-order chi connectivity index (χ1) is 11.2. The normalized spacial score (nSPS) is 21.8. The Kier molecular flexibility index (Phi) is 5.52. The fourth-order valence-electron chi connectivity index (χ4n) is 2.74. The second-order valence-corrected chi connectivity index (χ2v) is 8.27. The Bertz CT molecular complexity index is 707. The summed E-state index contributed by atoms with van der Waals surface area (Å²) < 4.78 is 36.7. The molecule has 0 aliphatic carbocycles. The molecule has 1 aliphatic rings. The first kappa shape index (κ1) is 18.7. The lowest BCUT2D eigenvalue weighted by atomic mass is 10.1. The van der Waals surface area contributed by atoms with Crippen LogP contribution in [0.1, 0.15) is 24.2 Å². The highest BCUT2D eigenvalue weighted by atomic mass is 32.2. The zero-order valence-electron chi connectivity index (χ0n) is 14.6. The van der Waals surface area contributed by atoms with Crippen molar-refractivity contribution in [3.05, 3.63) is 23.8 Å². The third-order valence-electron chi connectivity index (χ3n) is 3.89. The standard InChI is InChI=1S/C16H24N2O5S/c1-11-9-18(10-12(2)23-11)16(19)14-8-13(6-7-15(14)22-5)24(20,21)17(3)4/h6-8,11-12H,9-10H2,1-5H3/t11-,12-/m1/s1. The molecule has 0 unspecified atom stereocenters. The Morgan fingerprint density at radius 1 is 1.25 bits per heavy atom. The lowest BCUT2D eigenvalue weighted by molar-refractivity contribution is -0.0586. The van der Waals surface area contributed by atoms with E-state index < -0.39 is 10.0 Å². The van der Waals surface area contributed by atoms with Gasteiger partial charge in [0.1, 0.15) is 5.75 Å². The number of benzene rings is 1. The Morgan fingerprint density at radius 2 is 1.83 bits per heavy atom. The molecule has 0 radical (unpaired) electrons. The third kappa shape index (κ3) is 3.71. The van der Waals surface area contributed by atoms with Gasteiger partial charge < -0.3 is 14.4 Å². The summed E-state index contributed by atoms with van der Waals surface area (Å²) in [7, 11) is 0.729. The highest BCUT2D eigenvalue weighted by molar-refractivity contribution is 7.89. The van der Waals surface area contributed by atoms with E-state index in [0.717, 1.165) is 4.31 Å². The molecule has 1 saturated heterocycles. The van der Waals surface area contributed by atoms with Gasteiger partial charge in [-0.15, -0.1) is 0 Å². The van der Waals surface area contributed by atoms with E-state index in [1.165, 1.54) is 39.4 Å². The molecule has 1 aromatic carbocycles. The van der Waals surface area contributed by atoms with Gasteiger partial charge in [0.2, 0.25) is 10.0 Å². The van der Waals surface area contributed by atoms with E-state index in [1.54, 1.807) is 4.90 Å². The predicted molar refractivity (Wildman–Crippen MR) is 89.8 cm³/mol. The maximum Gasteiger partial charge on any atom is 0.257 e. The molecule has 1 amide bonds. The van der Waals surface area contributed by atoms with Gasteiger partial charge in [0.05, 0.1) is 29.8 Å². The number of ether oxygens (including phenoxy) is 2. The van der Waals surface area contributed by atoms with Crippen molar-refractivity contribution >= 4 is 15.9 Å². The average molecular weight is 356 g/mol. The summed E-state index contributed by atoms with van der Waals surface area (Å²) in [6, 6.07) is 4.33. The molecule has 134 valence electrons. The van der Waals surface area contributed by atoms with Gasteiger partial charge in [-0.3, -0.25) is 4.79 Å².